The van der Waals surface area contributed by atoms with Gasteiger partial charge in [-0.15, -0.1) is 0 Å². The number of aromatic nitrogens is 3. The van der Waals surface area contributed by atoms with Gasteiger partial charge in [-0.1, -0.05) is 36.4 Å². The number of benzene rings is 3. The number of aryl methyl sites for hydroxylation is 1. The molecule has 1 unspecified atom stereocenters. The van der Waals surface area contributed by atoms with Gasteiger partial charge in [0.2, 0.25) is 17.7 Å². The fourth-order valence-electron chi connectivity index (χ4n) is 8.36. The maximum atomic E-state index is 14.7. The molecule has 2 atom stereocenters. The minimum absolute atomic E-state index is 0.157. The van der Waals surface area contributed by atoms with Crippen LogP contribution in [0.1, 0.15) is 89.5 Å². The summed E-state index contributed by atoms with van der Waals surface area (Å²) in [6.07, 6.45) is 8.97. The first kappa shape index (κ1) is 38.7. The van der Waals surface area contributed by atoms with Gasteiger partial charge < -0.3 is 20.4 Å². The fourth-order valence-corrected chi connectivity index (χ4v) is 8.36. The summed E-state index contributed by atoms with van der Waals surface area (Å²) in [6, 6.07) is 20.7. The lowest BCUT2D eigenvalue weighted by Gasteiger charge is -2.32. The molecule has 3 aromatic carbocycles. The van der Waals surface area contributed by atoms with E-state index < -0.39 is 17.7 Å². The van der Waals surface area contributed by atoms with E-state index in [0.29, 0.717) is 93.2 Å². The number of rotatable bonds is 12. The van der Waals surface area contributed by atoms with Crippen LogP contribution in [-0.4, -0.2) is 75.3 Å². The molecule has 5 aromatic rings. The molecule has 4 amide bonds. The summed E-state index contributed by atoms with van der Waals surface area (Å²) >= 11 is 0. The van der Waals surface area contributed by atoms with Crippen molar-refractivity contribution in [2.24, 2.45) is 0 Å². The van der Waals surface area contributed by atoms with E-state index in [9.17, 15) is 28.0 Å². The SMILES string of the molecule is O=C1CCC(Nc2ccc(C3CCN(C(=O)CCc4ccc(CCNC(=O)c5cnn6ccc(N7CCC[C@@H]7c7cc(F)ccc7F)nc56)cc4)CC3)cc2)C(=O)N1. The number of carbonyl (C=O) groups is 4. The molecular formula is C44H46F2N8O4. The number of carbonyl (C=O) groups excluding carboxylic acids is 4. The van der Waals surface area contributed by atoms with Crippen molar-refractivity contribution in [1.29, 1.82) is 0 Å². The molecule has 3 aliphatic rings. The molecule has 58 heavy (non-hydrogen) atoms. The highest BCUT2D eigenvalue weighted by atomic mass is 19.1. The van der Waals surface area contributed by atoms with E-state index in [1.807, 2.05) is 46.2 Å². The van der Waals surface area contributed by atoms with Crippen LogP contribution in [0.3, 0.4) is 0 Å². The molecule has 14 heteroatoms. The third-order valence-corrected chi connectivity index (χ3v) is 11.6. The second kappa shape index (κ2) is 17.1. The molecule has 12 nitrogen and oxygen atoms in total. The number of likely N-dealkylation sites (tertiary alicyclic amines) is 1. The third-order valence-electron chi connectivity index (χ3n) is 11.6. The average Bonchev–Trinajstić information content (AvgIpc) is 3.90. The maximum Gasteiger partial charge on any atom is 0.256 e. The minimum atomic E-state index is -0.487. The summed E-state index contributed by atoms with van der Waals surface area (Å²) in [5.74, 6) is -0.671. The quantitative estimate of drug-likeness (QED) is 0.133. The van der Waals surface area contributed by atoms with Crippen molar-refractivity contribution in [3.63, 3.8) is 0 Å². The van der Waals surface area contributed by atoms with Crippen LogP contribution in [-0.2, 0) is 27.2 Å². The Balaban J connectivity index is 0.774. The van der Waals surface area contributed by atoms with Crippen molar-refractivity contribution >= 4 is 40.8 Å². The van der Waals surface area contributed by atoms with Gasteiger partial charge in [-0.25, -0.2) is 18.3 Å². The maximum absolute atomic E-state index is 14.7. The van der Waals surface area contributed by atoms with Crippen LogP contribution in [0, 0.1) is 11.6 Å². The van der Waals surface area contributed by atoms with Gasteiger partial charge in [-0.3, -0.25) is 24.5 Å². The third kappa shape index (κ3) is 8.70. The Labute approximate surface area is 335 Å². The smallest absolute Gasteiger partial charge is 0.256 e. The summed E-state index contributed by atoms with van der Waals surface area (Å²) in [6.45, 7) is 2.46. The summed E-state index contributed by atoms with van der Waals surface area (Å²) in [5.41, 5.74) is 5.21. The summed E-state index contributed by atoms with van der Waals surface area (Å²) in [4.78, 5) is 58.5. The Kier molecular flexibility index (Phi) is 11.4. The topological polar surface area (TPSA) is 141 Å². The zero-order valence-electron chi connectivity index (χ0n) is 32.1. The number of hydrogen-bond acceptors (Lipinski definition) is 8. The monoisotopic (exact) mass is 788 g/mol. The number of nitrogens with zero attached hydrogens (tertiary/aromatic N) is 5. The van der Waals surface area contributed by atoms with Gasteiger partial charge in [-0.05, 0) is 104 Å². The van der Waals surface area contributed by atoms with Crippen LogP contribution in [0.4, 0.5) is 20.3 Å². The van der Waals surface area contributed by atoms with Gasteiger partial charge in [-0.2, -0.15) is 5.10 Å². The molecule has 3 N–H and O–H groups in total. The van der Waals surface area contributed by atoms with E-state index >= 15 is 0 Å². The number of halogens is 2. The van der Waals surface area contributed by atoms with E-state index in [4.69, 9.17) is 4.98 Å². The number of piperidine rings is 2. The van der Waals surface area contributed by atoms with Crippen molar-refractivity contribution in [3.8, 4) is 0 Å². The van der Waals surface area contributed by atoms with Crippen molar-refractivity contribution < 1.29 is 28.0 Å². The molecule has 3 fully saturated rings. The van der Waals surface area contributed by atoms with E-state index in [2.05, 4.69) is 33.2 Å². The van der Waals surface area contributed by atoms with E-state index in [0.717, 1.165) is 48.2 Å². The predicted octanol–water partition coefficient (Wildman–Crippen LogP) is 5.88. The number of imide groups is 1. The lowest BCUT2D eigenvalue weighted by Crippen LogP contribution is -2.47. The van der Waals surface area contributed by atoms with Crippen LogP contribution >= 0.6 is 0 Å². The van der Waals surface area contributed by atoms with Gasteiger partial charge in [0.05, 0.1) is 12.2 Å². The minimum Gasteiger partial charge on any atom is -0.374 e. The van der Waals surface area contributed by atoms with Crippen LogP contribution < -0.4 is 20.9 Å². The number of hydrogen-bond donors (Lipinski definition) is 3. The molecule has 8 rings (SSSR count). The largest absolute Gasteiger partial charge is 0.374 e. The Morgan fingerprint density at radius 1 is 0.862 bits per heavy atom. The van der Waals surface area contributed by atoms with Gasteiger partial charge in [0.1, 0.15) is 29.1 Å². The van der Waals surface area contributed by atoms with Crippen molar-refractivity contribution in [2.45, 2.75) is 75.8 Å². The number of nitrogens with one attached hydrogen (secondary N) is 3. The van der Waals surface area contributed by atoms with Crippen molar-refractivity contribution in [1.82, 2.24) is 30.1 Å². The second-order valence-electron chi connectivity index (χ2n) is 15.4. The van der Waals surface area contributed by atoms with Gasteiger partial charge in [0.15, 0.2) is 5.65 Å². The molecule has 0 radical (unpaired) electrons. The lowest BCUT2D eigenvalue weighted by molar-refractivity contribution is -0.134. The number of fused-ring (bicyclic) bond motifs is 1. The Morgan fingerprint density at radius 3 is 2.38 bits per heavy atom. The van der Waals surface area contributed by atoms with Gasteiger partial charge in [0, 0.05) is 56.5 Å². The Hall–Kier alpha value is -6.18. The first-order valence-electron chi connectivity index (χ1n) is 20.1. The van der Waals surface area contributed by atoms with Crippen LogP contribution in [0.5, 0.6) is 0 Å². The lowest BCUT2D eigenvalue weighted by atomic mass is 9.89. The Bertz CT molecular complexity index is 2310. The van der Waals surface area contributed by atoms with Crippen LogP contribution in [0.25, 0.3) is 5.65 Å². The molecule has 300 valence electrons. The predicted molar refractivity (Wildman–Crippen MR) is 214 cm³/mol. The summed E-state index contributed by atoms with van der Waals surface area (Å²) in [5, 5.41) is 12.9. The highest BCUT2D eigenvalue weighted by Gasteiger charge is 2.31. The molecule has 2 aromatic heterocycles. The summed E-state index contributed by atoms with van der Waals surface area (Å²) < 4.78 is 30.2. The highest BCUT2D eigenvalue weighted by Crippen LogP contribution is 2.37. The molecular weight excluding hydrogens is 743 g/mol. The zero-order valence-corrected chi connectivity index (χ0v) is 32.1. The fraction of sp³-hybridized carbons (Fsp3) is 0.364. The molecule has 0 bridgehead atoms. The Morgan fingerprint density at radius 2 is 1.62 bits per heavy atom. The van der Waals surface area contributed by atoms with Crippen molar-refractivity contribution in [3.05, 3.63) is 125 Å². The molecule has 5 heterocycles. The normalized spacial score (nSPS) is 18.7. The molecule has 3 aliphatic heterocycles. The first-order valence-corrected chi connectivity index (χ1v) is 20.1. The molecule has 0 spiro atoms. The molecule has 0 aliphatic carbocycles. The molecule has 3 saturated heterocycles. The first-order chi connectivity index (χ1) is 28.2. The van der Waals surface area contributed by atoms with E-state index in [1.54, 1.807) is 12.3 Å². The standard InChI is InChI=1S/C44H46F2N8O4/c45-32-10-13-36(46)34(26-32)38-2-1-22-53(38)39-20-25-54-42(50-39)35(27-48-54)43(57)47-21-17-29-5-3-28(4-6-29)7-16-41(56)52-23-18-31(19-24-52)30-8-11-33(12-9-30)49-37-14-15-40(55)51-44(37)58/h3-6,8-13,20,25-27,31,37-38,49H,1-2,7,14-19,21-24H2,(H,47,57)(H,51,55,58)/t37?,38-/m1/s1. The van der Waals surface area contributed by atoms with E-state index in [-0.39, 0.29) is 29.7 Å². The van der Waals surface area contributed by atoms with Gasteiger partial charge >= 0.3 is 0 Å². The van der Waals surface area contributed by atoms with Crippen molar-refractivity contribution in [2.75, 3.05) is 36.4 Å². The summed E-state index contributed by atoms with van der Waals surface area (Å²) in [7, 11) is 0. The average molecular weight is 789 g/mol. The number of anilines is 2. The van der Waals surface area contributed by atoms with Crippen LogP contribution in [0.2, 0.25) is 0 Å². The van der Waals surface area contributed by atoms with E-state index in [1.165, 1.54) is 22.3 Å². The highest BCUT2D eigenvalue weighted by molar-refractivity contribution is 6.01. The van der Waals surface area contributed by atoms with Crippen LogP contribution in [0.15, 0.2) is 85.2 Å². The zero-order chi connectivity index (χ0) is 40.2. The molecule has 0 saturated carbocycles. The van der Waals surface area contributed by atoms with Gasteiger partial charge in [0.25, 0.3) is 5.91 Å². The number of amides is 4. The second-order valence-corrected chi connectivity index (χ2v) is 15.4.